The number of allylic oxidation sites excluding steroid dienone is 1. The highest BCUT2D eigenvalue weighted by Crippen LogP contribution is 2.49. The molecule has 1 fully saturated rings. The average Bonchev–Trinajstić information content (AvgIpc) is 3.29. The van der Waals surface area contributed by atoms with Crippen molar-refractivity contribution in [3.63, 3.8) is 0 Å². The van der Waals surface area contributed by atoms with Gasteiger partial charge in [-0.15, -0.1) is 0 Å². The molecule has 0 bridgehead atoms. The fourth-order valence-electron chi connectivity index (χ4n) is 2.70. The number of rotatable bonds is 3. The molecule has 1 aliphatic heterocycles. The van der Waals surface area contributed by atoms with Crippen LogP contribution < -0.4 is 5.01 Å². The lowest BCUT2D eigenvalue weighted by molar-refractivity contribution is -0.292. The molecule has 0 amide bonds. The zero-order valence-electron chi connectivity index (χ0n) is 13.5. The molecule has 1 aromatic rings. The van der Waals surface area contributed by atoms with Crippen LogP contribution in [0.1, 0.15) is 30.3 Å². The van der Waals surface area contributed by atoms with Gasteiger partial charge in [0.05, 0.1) is 24.1 Å². The lowest BCUT2D eigenvalue weighted by Crippen LogP contribution is -2.40. The summed E-state index contributed by atoms with van der Waals surface area (Å²) in [6.45, 7) is -0.167. The number of alkyl halides is 8. The molecule has 2 aliphatic rings. The first kappa shape index (κ1) is 20.2. The van der Waals surface area contributed by atoms with E-state index in [9.17, 15) is 35.1 Å². The van der Waals surface area contributed by atoms with Gasteiger partial charge in [-0.2, -0.15) is 35.1 Å². The molecule has 0 spiro atoms. The molecule has 150 valence electrons. The molecule has 0 radical (unpaired) electrons. The lowest BCUT2D eigenvalue weighted by atomic mass is 10.2. The summed E-state index contributed by atoms with van der Waals surface area (Å²) in [6.07, 6.45) is -9.28. The second-order valence-corrected chi connectivity index (χ2v) is 7.15. The zero-order valence-corrected chi connectivity index (χ0v) is 15.1. The summed E-state index contributed by atoms with van der Waals surface area (Å²) in [7, 11) is 1.31. The van der Waals surface area contributed by atoms with Crippen molar-refractivity contribution in [1.29, 1.82) is 0 Å². The fourth-order valence-corrected chi connectivity index (χ4v) is 3.45. The van der Waals surface area contributed by atoms with Crippen molar-refractivity contribution in [3.8, 4) is 0 Å². The van der Waals surface area contributed by atoms with Crippen LogP contribution in [-0.4, -0.2) is 40.9 Å². The Morgan fingerprint density at radius 1 is 1.07 bits per heavy atom. The number of halogens is 9. The molecular weight excluding hydrogens is 456 g/mol. The Balaban J connectivity index is 2.12. The minimum Gasteiger partial charge on any atom is -0.265 e. The van der Waals surface area contributed by atoms with E-state index in [0.717, 1.165) is 5.01 Å². The van der Waals surface area contributed by atoms with E-state index in [1.54, 1.807) is 0 Å². The predicted octanol–water partition coefficient (Wildman–Crippen LogP) is 4.84. The van der Waals surface area contributed by atoms with Crippen LogP contribution in [0, 0.1) is 0 Å². The highest BCUT2D eigenvalue weighted by molar-refractivity contribution is 9.11. The van der Waals surface area contributed by atoms with Gasteiger partial charge in [0.2, 0.25) is 5.82 Å². The molecule has 0 N–H and O–H groups in total. The van der Waals surface area contributed by atoms with Crippen LogP contribution in [0.25, 0.3) is 0 Å². The minimum absolute atomic E-state index is 0.167. The number of hydrogen-bond donors (Lipinski definition) is 0. The Morgan fingerprint density at radius 2 is 1.67 bits per heavy atom. The summed E-state index contributed by atoms with van der Waals surface area (Å²) in [5.41, 5.74) is -1.64. The number of anilines is 1. The second-order valence-electron chi connectivity index (χ2n) is 6.19. The fraction of sp³-hybridized carbons (Fsp3) is 0.571. The highest BCUT2D eigenvalue weighted by Gasteiger charge is 2.61. The van der Waals surface area contributed by atoms with Crippen molar-refractivity contribution in [3.05, 3.63) is 27.9 Å². The van der Waals surface area contributed by atoms with Gasteiger partial charge < -0.3 is 0 Å². The standard InChI is InChI=1S/C14H11BrF8N4/c1-26-5-7(15)10(13(18,19)20)27(26)8-4-24-11(12(16,17)14(21,22)23)25-9(8)6-2-3-6/h4,6H,2-3,5H2,1H3. The maximum absolute atomic E-state index is 13.6. The van der Waals surface area contributed by atoms with E-state index in [1.807, 2.05) is 0 Å². The van der Waals surface area contributed by atoms with Gasteiger partial charge in [0.15, 0.2) is 5.70 Å². The minimum atomic E-state index is -5.92. The van der Waals surface area contributed by atoms with Crippen LogP contribution in [0.4, 0.5) is 40.8 Å². The zero-order chi connectivity index (χ0) is 20.4. The predicted molar refractivity (Wildman–Crippen MR) is 81.1 cm³/mol. The number of aromatic nitrogens is 2. The third-order valence-corrected chi connectivity index (χ3v) is 4.70. The van der Waals surface area contributed by atoms with Crippen molar-refractivity contribution in [1.82, 2.24) is 15.0 Å². The van der Waals surface area contributed by atoms with Gasteiger partial charge in [-0.25, -0.2) is 15.0 Å². The summed E-state index contributed by atoms with van der Waals surface area (Å²) in [6, 6.07) is 0. The van der Waals surface area contributed by atoms with Gasteiger partial charge in [-0.1, -0.05) is 15.9 Å². The largest absolute Gasteiger partial charge is 0.461 e. The number of likely N-dealkylation sites (N-methyl/N-ethyl adjacent to an activating group) is 1. The Labute approximate surface area is 156 Å². The van der Waals surface area contributed by atoms with E-state index in [1.165, 1.54) is 7.05 Å². The van der Waals surface area contributed by atoms with Crippen molar-refractivity contribution in [2.24, 2.45) is 0 Å². The normalized spacial score (nSPS) is 20.0. The van der Waals surface area contributed by atoms with E-state index >= 15 is 0 Å². The smallest absolute Gasteiger partial charge is 0.265 e. The van der Waals surface area contributed by atoms with Crippen LogP contribution in [0.3, 0.4) is 0 Å². The maximum Gasteiger partial charge on any atom is 0.461 e. The SMILES string of the molecule is CN1CC(Br)=C(C(F)(F)F)N1c1cnc(C(F)(F)C(F)(F)F)nc1C1CC1. The molecule has 4 nitrogen and oxygen atoms in total. The maximum atomic E-state index is 13.6. The molecule has 1 aliphatic carbocycles. The van der Waals surface area contributed by atoms with E-state index in [4.69, 9.17) is 0 Å². The summed E-state index contributed by atoms with van der Waals surface area (Å²) in [5, 5.41) is 1.83. The lowest BCUT2D eigenvalue weighted by Gasteiger charge is -2.31. The second kappa shape index (κ2) is 6.26. The van der Waals surface area contributed by atoms with Gasteiger partial charge in [-0.05, 0) is 12.8 Å². The van der Waals surface area contributed by atoms with Crippen molar-refractivity contribution in [2.75, 3.05) is 18.6 Å². The van der Waals surface area contributed by atoms with E-state index in [-0.39, 0.29) is 22.4 Å². The summed E-state index contributed by atoms with van der Waals surface area (Å²) in [5.74, 6) is -7.60. The molecule has 13 heteroatoms. The average molecular weight is 467 g/mol. The molecule has 0 aromatic carbocycles. The van der Waals surface area contributed by atoms with Gasteiger partial charge in [0.25, 0.3) is 0 Å². The quantitative estimate of drug-likeness (QED) is 0.596. The molecule has 1 saturated carbocycles. The first-order valence-corrected chi connectivity index (χ1v) is 8.33. The van der Waals surface area contributed by atoms with E-state index in [0.29, 0.717) is 24.0 Å². The molecule has 0 unspecified atom stereocenters. The van der Waals surface area contributed by atoms with Gasteiger partial charge in [-0.3, -0.25) is 5.01 Å². The van der Waals surface area contributed by atoms with Gasteiger partial charge in [0.1, 0.15) is 0 Å². The van der Waals surface area contributed by atoms with Gasteiger partial charge >= 0.3 is 18.3 Å². The molecule has 0 atom stereocenters. The highest BCUT2D eigenvalue weighted by atomic mass is 79.9. The Kier molecular flexibility index (Phi) is 4.69. The first-order valence-electron chi connectivity index (χ1n) is 7.54. The monoisotopic (exact) mass is 466 g/mol. The number of hydrazine groups is 1. The Bertz CT molecular complexity index is 784. The number of nitrogens with zero attached hydrogens (tertiary/aromatic N) is 4. The number of hydrogen-bond acceptors (Lipinski definition) is 4. The third kappa shape index (κ3) is 3.50. The molecule has 2 heterocycles. The van der Waals surface area contributed by atoms with Crippen molar-refractivity contribution < 1.29 is 35.1 Å². The summed E-state index contributed by atoms with van der Waals surface area (Å²) >= 11 is 2.83. The third-order valence-electron chi connectivity index (χ3n) is 4.07. The molecular formula is C14H11BrF8N4. The first-order chi connectivity index (χ1) is 12.2. The summed E-state index contributed by atoms with van der Waals surface area (Å²) < 4.78 is 105. The van der Waals surface area contributed by atoms with Crippen LogP contribution in [-0.2, 0) is 5.92 Å². The molecule has 3 rings (SSSR count). The molecule has 27 heavy (non-hydrogen) atoms. The van der Waals surface area contributed by atoms with Gasteiger partial charge in [0, 0.05) is 17.4 Å². The molecule has 1 aromatic heterocycles. The Hall–Kier alpha value is -1.50. The van der Waals surface area contributed by atoms with E-state index in [2.05, 4.69) is 25.9 Å². The van der Waals surface area contributed by atoms with Crippen LogP contribution in [0.5, 0.6) is 0 Å². The van der Waals surface area contributed by atoms with E-state index < -0.39 is 35.7 Å². The van der Waals surface area contributed by atoms with Crippen molar-refractivity contribution in [2.45, 2.75) is 37.0 Å². The van der Waals surface area contributed by atoms with Crippen LogP contribution in [0.2, 0.25) is 0 Å². The topological polar surface area (TPSA) is 32.3 Å². The Morgan fingerprint density at radius 3 is 2.15 bits per heavy atom. The van der Waals surface area contributed by atoms with Crippen molar-refractivity contribution >= 4 is 21.6 Å². The molecule has 0 saturated heterocycles. The van der Waals surface area contributed by atoms with Crippen LogP contribution in [0.15, 0.2) is 16.4 Å². The summed E-state index contributed by atoms with van der Waals surface area (Å²) in [4.78, 5) is 6.39. The van der Waals surface area contributed by atoms with Crippen LogP contribution >= 0.6 is 15.9 Å².